The van der Waals surface area contributed by atoms with E-state index in [1.54, 1.807) is 0 Å². The Morgan fingerprint density at radius 2 is 2.11 bits per heavy atom. The van der Waals surface area contributed by atoms with Crippen LogP contribution in [0.5, 0.6) is 0 Å². The highest BCUT2D eigenvalue weighted by Crippen LogP contribution is 2.33. The van der Waals surface area contributed by atoms with Crippen molar-refractivity contribution >= 4 is 10.9 Å². The van der Waals surface area contributed by atoms with Gasteiger partial charge in [0.25, 0.3) is 0 Å². The zero-order valence-electron chi connectivity index (χ0n) is 12.0. The highest BCUT2D eigenvalue weighted by atomic mass is 14.9. The quantitative estimate of drug-likeness (QED) is 0.833. The summed E-state index contributed by atoms with van der Waals surface area (Å²) < 4.78 is 0. The Bertz CT molecular complexity index is 590. The third-order valence-electron chi connectivity index (χ3n) is 4.05. The summed E-state index contributed by atoms with van der Waals surface area (Å²) in [6, 6.07) is 9.36. The molecule has 2 nitrogen and oxygen atoms in total. The lowest BCUT2D eigenvalue weighted by atomic mass is 9.84. The molecule has 100 valence electrons. The van der Waals surface area contributed by atoms with E-state index in [0.717, 1.165) is 12.1 Å². The zero-order valence-corrected chi connectivity index (χ0v) is 12.0. The van der Waals surface area contributed by atoms with Crippen LogP contribution in [-0.4, -0.2) is 11.5 Å². The molecule has 0 radical (unpaired) electrons. The first kappa shape index (κ1) is 12.6. The Labute approximate surface area is 115 Å². The summed E-state index contributed by atoms with van der Waals surface area (Å²) in [6.45, 7) is 7.93. The summed E-state index contributed by atoms with van der Waals surface area (Å²) in [5, 5.41) is 4.92. The number of rotatable bonds is 1. The molecule has 0 aliphatic carbocycles. The molecular weight excluding hydrogens is 232 g/mol. The molecule has 0 bridgehead atoms. The summed E-state index contributed by atoms with van der Waals surface area (Å²) in [4.78, 5) is 4.56. The average molecular weight is 254 g/mol. The lowest BCUT2D eigenvalue weighted by molar-refractivity contribution is 0.585. The summed E-state index contributed by atoms with van der Waals surface area (Å²) in [5.74, 6) is 0. The molecule has 0 spiro atoms. The minimum absolute atomic E-state index is 0.166. The smallest absolute Gasteiger partial charge is 0.0708 e. The van der Waals surface area contributed by atoms with E-state index in [0.29, 0.717) is 6.04 Å². The Morgan fingerprint density at radius 1 is 1.26 bits per heavy atom. The molecule has 2 aromatic rings. The number of hydrogen-bond donors (Lipinski definition) is 1. The van der Waals surface area contributed by atoms with Gasteiger partial charge in [-0.2, -0.15) is 0 Å². The van der Waals surface area contributed by atoms with Crippen molar-refractivity contribution < 1.29 is 0 Å². The summed E-state index contributed by atoms with van der Waals surface area (Å²) >= 11 is 0. The van der Waals surface area contributed by atoms with Crippen LogP contribution in [0.25, 0.3) is 10.9 Å². The number of benzene rings is 1. The number of nitrogens with one attached hydrogen (secondary N) is 1. The zero-order chi connectivity index (χ0) is 13.5. The Hall–Kier alpha value is -1.41. The predicted molar refractivity (Wildman–Crippen MR) is 80.4 cm³/mol. The normalized spacial score (nSPS) is 20.1. The van der Waals surface area contributed by atoms with Crippen LogP contribution in [0, 0.1) is 0 Å². The van der Waals surface area contributed by atoms with Gasteiger partial charge in [-0.05, 0) is 48.1 Å². The number of pyridine rings is 1. The van der Waals surface area contributed by atoms with Gasteiger partial charge in [0.1, 0.15) is 0 Å². The molecule has 2 heteroatoms. The van der Waals surface area contributed by atoms with Gasteiger partial charge >= 0.3 is 0 Å². The predicted octanol–water partition coefficient (Wildman–Crippen LogP) is 3.96. The van der Waals surface area contributed by atoms with Crippen LogP contribution in [0.3, 0.4) is 0 Å². The third kappa shape index (κ3) is 2.37. The molecule has 1 aliphatic heterocycles. The molecule has 19 heavy (non-hydrogen) atoms. The van der Waals surface area contributed by atoms with Crippen molar-refractivity contribution in [2.75, 3.05) is 6.54 Å². The van der Waals surface area contributed by atoms with Gasteiger partial charge in [0.05, 0.1) is 5.52 Å². The van der Waals surface area contributed by atoms with Crippen molar-refractivity contribution in [2.45, 2.75) is 45.1 Å². The third-order valence-corrected chi connectivity index (χ3v) is 4.05. The molecule has 1 aromatic carbocycles. The van der Waals surface area contributed by atoms with Crippen molar-refractivity contribution in [3.05, 3.63) is 41.6 Å². The first-order valence-corrected chi connectivity index (χ1v) is 7.18. The number of hydrogen-bond acceptors (Lipinski definition) is 2. The second-order valence-electron chi connectivity index (χ2n) is 6.53. The Morgan fingerprint density at radius 3 is 2.79 bits per heavy atom. The lowest BCUT2D eigenvalue weighted by Gasteiger charge is -2.23. The van der Waals surface area contributed by atoms with Gasteiger partial charge in [-0.25, -0.2) is 0 Å². The molecule has 1 aromatic heterocycles. The number of fused-ring (bicyclic) bond motifs is 1. The van der Waals surface area contributed by atoms with E-state index in [4.69, 9.17) is 0 Å². The van der Waals surface area contributed by atoms with E-state index >= 15 is 0 Å². The molecular formula is C17H22N2. The SMILES string of the molecule is CC(C)(C)c1cc(C2CCCN2)c2cccnc2c1. The van der Waals surface area contributed by atoms with E-state index in [2.05, 4.69) is 49.3 Å². The number of aromatic nitrogens is 1. The Kier molecular flexibility index (Phi) is 3.06. The van der Waals surface area contributed by atoms with Gasteiger partial charge in [-0.3, -0.25) is 4.98 Å². The summed E-state index contributed by atoms with van der Waals surface area (Å²) in [5.41, 5.74) is 4.09. The first-order chi connectivity index (χ1) is 9.05. The molecule has 1 atom stereocenters. The van der Waals surface area contributed by atoms with E-state index in [9.17, 15) is 0 Å². The van der Waals surface area contributed by atoms with E-state index in [-0.39, 0.29) is 5.41 Å². The molecule has 1 unspecified atom stereocenters. The first-order valence-electron chi connectivity index (χ1n) is 7.18. The van der Waals surface area contributed by atoms with Crippen molar-refractivity contribution in [3.8, 4) is 0 Å². The minimum atomic E-state index is 0.166. The summed E-state index contributed by atoms with van der Waals surface area (Å²) in [6.07, 6.45) is 4.39. The fourth-order valence-electron chi connectivity index (χ4n) is 2.88. The van der Waals surface area contributed by atoms with E-state index < -0.39 is 0 Å². The van der Waals surface area contributed by atoms with Crippen molar-refractivity contribution in [1.29, 1.82) is 0 Å². The van der Waals surface area contributed by atoms with E-state index in [1.165, 1.54) is 29.4 Å². The van der Waals surface area contributed by atoms with Crippen LogP contribution in [0.1, 0.15) is 50.8 Å². The maximum absolute atomic E-state index is 4.56. The monoisotopic (exact) mass is 254 g/mol. The van der Waals surface area contributed by atoms with Crippen molar-refractivity contribution in [2.24, 2.45) is 0 Å². The van der Waals surface area contributed by atoms with Crippen LogP contribution >= 0.6 is 0 Å². The Balaban J connectivity index is 2.21. The van der Waals surface area contributed by atoms with Gasteiger partial charge in [0.2, 0.25) is 0 Å². The molecule has 1 aliphatic rings. The van der Waals surface area contributed by atoms with Crippen molar-refractivity contribution in [1.82, 2.24) is 10.3 Å². The fourth-order valence-corrected chi connectivity index (χ4v) is 2.88. The second-order valence-corrected chi connectivity index (χ2v) is 6.53. The number of nitrogens with zero attached hydrogens (tertiary/aromatic N) is 1. The molecule has 2 heterocycles. The molecule has 0 amide bonds. The maximum Gasteiger partial charge on any atom is 0.0708 e. The molecule has 1 N–H and O–H groups in total. The standard InChI is InChI=1S/C17H22N2/c1-17(2,3)12-10-14(15-7-5-9-18-15)13-6-4-8-19-16(13)11-12/h4,6,8,10-11,15,18H,5,7,9H2,1-3H3. The van der Waals surface area contributed by atoms with Crippen LogP contribution < -0.4 is 5.32 Å². The molecule has 1 saturated heterocycles. The molecule has 3 rings (SSSR count). The van der Waals surface area contributed by atoms with Crippen molar-refractivity contribution in [3.63, 3.8) is 0 Å². The van der Waals surface area contributed by atoms with Gasteiger partial charge < -0.3 is 5.32 Å². The second kappa shape index (κ2) is 4.61. The topological polar surface area (TPSA) is 24.9 Å². The van der Waals surface area contributed by atoms with Crippen LogP contribution in [0.15, 0.2) is 30.5 Å². The van der Waals surface area contributed by atoms with E-state index in [1.807, 2.05) is 12.3 Å². The highest BCUT2D eigenvalue weighted by Gasteiger charge is 2.22. The van der Waals surface area contributed by atoms with Gasteiger partial charge in [0, 0.05) is 17.6 Å². The van der Waals surface area contributed by atoms with Crippen LogP contribution in [-0.2, 0) is 5.41 Å². The summed E-state index contributed by atoms with van der Waals surface area (Å²) in [7, 11) is 0. The van der Waals surface area contributed by atoms with Gasteiger partial charge in [-0.15, -0.1) is 0 Å². The highest BCUT2D eigenvalue weighted by molar-refractivity contribution is 5.83. The van der Waals surface area contributed by atoms with Gasteiger partial charge in [-0.1, -0.05) is 32.9 Å². The maximum atomic E-state index is 4.56. The van der Waals surface area contributed by atoms with Crippen LogP contribution in [0.2, 0.25) is 0 Å². The fraction of sp³-hybridized carbons (Fsp3) is 0.471. The largest absolute Gasteiger partial charge is 0.310 e. The minimum Gasteiger partial charge on any atom is -0.310 e. The van der Waals surface area contributed by atoms with Gasteiger partial charge in [0.15, 0.2) is 0 Å². The lowest BCUT2D eigenvalue weighted by Crippen LogP contribution is -2.16. The molecule has 0 saturated carbocycles. The molecule has 1 fully saturated rings. The average Bonchev–Trinajstić information content (AvgIpc) is 2.90. The van der Waals surface area contributed by atoms with Crippen LogP contribution in [0.4, 0.5) is 0 Å².